The number of hydrogen-bond acceptors (Lipinski definition) is 3. The fourth-order valence-corrected chi connectivity index (χ4v) is 2.73. The molecule has 96 valence electrons. The summed E-state index contributed by atoms with van der Waals surface area (Å²) < 4.78 is 2.91. The number of halogens is 1. The zero-order valence-corrected chi connectivity index (χ0v) is 12.4. The zero-order valence-electron chi connectivity index (χ0n) is 10.8. The molecule has 0 amide bonds. The third kappa shape index (κ3) is 2.62. The highest BCUT2D eigenvalue weighted by Crippen LogP contribution is 2.28. The van der Waals surface area contributed by atoms with Crippen LogP contribution < -0.4 is 5.32 Å². The van der Waals surface area contributed by atoms with Gasteiger partial charge in [-0.05, 0) is 30.7 Å². The van der Waals surface area contributed by atoms with Gasteiger partial charge in [0.25, 0.3) is 0 Å². The van der Waals surface area contributed by atoms with Gasteiger partial charge in [-0.1, -0.05) is 40.2 Å². The molecule has 5 heteroatoms. The second-order valence-corrected chi connectivity index (χ2v) is 5.15. The van der Waals surface area contributed by atoms with Crippen LogP contribution in [0.4, 0.5) is 0 Å². The molecule has 1 unspecified atom stereocenters. The molecule has 0 saturated carbocycles. The van der Waals surface area contributed by atoms with Gasteiger partial charge in [-0.15, -0.1) is 5.10 Å². The van der Waals surface area contributed by atoms with Crippen LogP contribution in [0, 0.1) is 6.92 Å². The number of hydrogen-bond donors (Lipinski definition) is 1. The van der Waals surface area contributed by atoms with Gasteiger partial charge >= 0.3 is 0 Å². The van der Waals surface area contributed by atoms with E-state index in [2.05, 4.69) is 63.6 Å². The van der Waals surface area contributed by atoms with Gasteiger partial charge in [-0.2, -0.15) is 0 Å². The van der Waals surface area contributed by atoms with Gasteiger partial charge in [0.2, 0.25) is 0 Å². The number of aromatic nitrogens is 3. The predicted molar refractivity (Wildman–Crippen MR) is 75.4 cm³/mol. The average molecular weight is 309 g/mol. The van der Waals surface area contributed by atoms with Crippen LogP contribution in [0.1, 0.15) is 29.8 Å². The van der Waals surface area contributed by atoms with Gasteiger partial charge in [-0.25, -0.2) is 0 Å². The fraction of sp³-hybridized carbons (Fsp3) is 0.385. The number of nitrogens with one attached hydrogen (secondary N) is 1. The van der Waals surface area contributed by atoms with Crippen molar-refractivity contribution in [3.63, 3.8) is 0 Å². The lowest BCUT2D eigenvalue weighted by molar-refractivity contribution is 0.567. The molecule has 0 aliphatic rings. The van der Waals surface area contributed by atoms with Crippen molar-refractivity contribution in [2.75, 3.05) is 6.54 Å². The molecule has 0 spiro atoms. The molecule has 0 aliphatic heterocycles. The van der Waals surface area contributed by atoms with E-state index in [1.165, 1.54) is 11.1 Å². The number of benzene rings is 1. The Labute approximate surface area is 116 Å². The fourth-order valence-electron chi connectivity index (χ4n) is 2.00. The van der Waals surface area contributed by atoms with Crippen LogP contribution in [-0.2, 0) is 7.05 Å². The first kappa shape index (κ1) is 13.2. The predicted octanol–water partition coefficient (Wildman–Crippen LogP) is 2.58. The molecule has 0 fully saturated rings. The first-order valence-electron chi connectivity index (χ1n) is 5.97. The van der Waals surface area contributed by atoms with E-state index in [0.717, 1.165) is 16.7 Å². The molecule has 1 aromatic carbocycles. The van der Waals surface area contributed by atoms with Crippen LogP contribution in [0.2, 0.25) is 0 Å². The Morgan fingerprint density at radius 2 is 2.22 bits per heavy atom. The summed E-state index contributed by atoms with van der Waals surface area (Å²) in [7, 11) is 1.91. The van der Waals surface area contributed by atoms with Crippen LogP contribution in [0.25, 0.3) is 0 Å². The van der Waals surface area contributed by atoms with Crippen molar-refractivity contribution in [3.8, 4) is 0 Å². The molecule has 1 aromatic heterocycles. The average Bonchev–Trinajstić information content (AvgIpc) is 2.73. The van der Waals surface area contributed by atoms with Crippen molar-refractivity contribution in [3.05, 3.63) is 45.7 Å². The topological polar surface area (TPSA) is 42.7 Å². The summed E-state index contributed by atoms with van der Waals surface area (Å²) >= 11 is 3.64. The third-order valence-corrected chi connectivity index (χ3v) is 3.61. The summed E-state index contributed by atoms with van der Waals surface area (Å²) in [5.41, 5.74) is 3.50. The lowest BCUT2D eigenvalue weighted by Gasteiger charge is -2.19. The van der Waals surface area contributed by atoms with Crippen molar-refractivity contribution in [1.82, 2.24) is 20.3 Å². The molecule has 4 nitrogen and oxygen atoms in total. The van der Waals surface area contributed by atoms with Gasteiger partial charge in [-0.3, -0.25) is 4.68 Å². The van der Waals surface area contributed by atoms with E-state index >= 15 is 0 Å². The maximum absolute atomic E-state index is 4.00. The summed E-state index contributed by atoms with van der Waals surface area (Å²) in [6.45, 7) is 5.07. The largest absolute Gasteiger partial charge is 0.305 e. The Balaban J connectivity index is 2.45. The minimum absolute atomic E-state index is 0.102. The summed E-state index contributed by atoms with van der Waals surface area (Å²) in [5, 5.41) is 11.4. The minimum Gasteiger partial charge on any atom is -0.305 e. The molecule has 0 aliphatic carbocycles. The molecular weight excluding hydrogens is 292 g/mol. The Morgan fingerprint density at radius 1 is 1.44 bits per heavy atom. The number of aryl methyl sites for hydroxylation is 2. The zero-order chi connectivity index (χ0) is 13.1. The van der Waals surface area contributed by atoms with Gasteiger partial charge < -0.3 is 5.32 Å². The Kier molecular flexibility index (Phi) is 4.14. The highest BCUT2D eigenvalue weighted by Gasteiger charge is 2.19. The van der Waals surface area contributed by atoms with E-state index in [4.69, 9.17) is 0 Å². The number of nitrogens with zero attached hydrogens (tertiary/aromatic N) is 3. The lowest BCUT2D eigenvalue weighted by Crippen LogP contribution is -2.24. The maximum Gasteiger partial charge on any atom is 0.0799 e. The first-order chi connectivity index (χ1) is 8.63. The SMILES string of the molecule is CCNC(c1ccc(C)cc1Br)c1cnnn1C. The van der Waals surface area contributed by atoms with Gasteiger partial charge in [0.05, 0.1) is 17.9 Å². The maximum atomic E-state index is 4.00. The highest BCUT2D eigenvalue weighted by atomic mass is 79.9. The standard InChI is InChI=1S/C13H17BrN4/c1-4-15-13(12-8-16-17-18(12)3)10-6-5-9(2)7-11(10)14/h5-8,13,15H,4H2,1-3H3. The smallest absolute Gasteiger partial charge is 0.0799 e. The van der Waals surface area contributed by atoms with E-state index in [1.807, 2.05) is 7.05 Å². The second kappa shape index (κ2) is 5.63. The lowest BCUT2D eigenvalue weighted by atomic mass is 10.0. The second-order valence-electron chi connectivity index (χ2n) is 4.30. The van der Waals surface area contributed by atoms with Crippen LogP contribution in [0.5, 0.6) is 0 Å². The van der Waals surface area contributed by atoms with E-state index in [1.54, 1.807) is 10.9 Å². The van der Waals surface area contributed by atoms with Crippen LogP contribution in [-0.4, -0.2) is 21.5 Å². The third-order valence-electron chi connectivity index (χ3n) is 2.92. The molecule has 1 heterocycles. The molecule has 2 rings (SSSR count). The molecule has 0 radical (unpaired) electrons. The Hall–Kier alpha value is -1.20. The minimum atomic E-state index is 0.102. The van der Waals surface area contributed by atoms with Crippen LogP contribution in [0.3, 0.4) is 0 Å². The van der Waals surface area contributed by atoms with Crippen molar-refractivity contribution >= 4 is 15.9 Å². The summed E-state index contributed by atoms with van der Waals surface area (Å²) in [5.74, 6) is 0. The molecule has 1 N–H and O–H groups in total. The number of rotatable bonds is 4. The molecule has 2 aromatic rings. The van der Waals surface area contributed by atoms with Crippen molar-refractivity contribution < 1.29 is 0 Å². The molecule has 0 saturated heterocycles. The van der Waals surface area contributed by atoms with Gasteiger partial charge in [0.15, 0.2) is 0 Å². The Bertz CT molecular complexity index is 536. The monoisotopic (exact) mass is 308 g/mol. The molecule has 18 heavy (non-hydrogen) atoms. The quantitative estimate of drug-likeness (QED) is 0.944. The van der Waals surface area contributed by atoms with Crippen molar-refractivity contribution in [2.45, 2.75) is 19.9 Å². The normalized spacial score (nSPS) is 12.7. The van der Waals surface area contributed by atoms with E-state index in [-0.39, 0.29) is 6.04 Å². The van der Waals surface area contributed by atoms with E-state index in [9.17, 15) is 0 Å². The van der Waals surface area contributed by atoms with Crippen molar-refractivity contribution in [2.24, 2.45) is 7.05 Å². The van der Waals surface area contributed by atoms with E-state index < -0.39 is 0 Å². The Morgan fingerprint density at radius 3 is 2.78 bits per heavy atom. The first-order valence-corrected chi connectivity index (χ1v) is 6.76. The summed E-state index contributed by atoms with van der Waals surface area (Å²) in [6, 6.07) is 6.49. The van der Waals surface area contributed by atoms with Gasteiger partial charge in [0.1, 0.15) is 0 Å². The molecule has 1 atom stereocenters. The molecular formula is C13H17BrN4. The molecule has 0 bridgehead atoms. The van der Waals surface area contributed by atoms with Crippen LogP contribution >= 0.6 is 15.9 Å². The van der Waals surface area contributed by atoms with Gasteiger partial charge in [0, 0.05) is 11.5 Å². The van der Waals surface area contributed by atoms with E-state index in [0.29, 0.717) is 0 Å². The van der Waals surface area contributed by atoms with Crippen molar-refractivity contribution in [1.29, 1.82) is 0 Å². The highest BCUT2D eigenvalue weighted by molar-refractivity contribution is 9.10. The summed E-state index contributed by atoms with van der Waals surface area (Å²) in [4.78, 5) is 0. The van der Waals surface area contributed by atoms with Crippen LogP contribution in [0.15, 0.2) is 28.9 Å². The summed E-state index contributed by atoms with van der Waals surface area (Å²) in [6.07, 6.45) is 1.81.